The Kier molecular flexibility index (Phi) is 6.87. The van der Waals surface area contributed by atoms with Crippen molar-refractivity contribution in [3.05, 3.63) is 29.8 Å². The highest BCUT2D eigenvalue weighted by Gasteiger charge is 2.30. The zero-order valence-electron chi connectivity index (χ0n) is 12.9. The number of hydrogen-bond donors (Lipinski definition) is 2. The van der Waals surface area contributed by atoms with E-state index in [2.05, 4.69) is 10.6 Å². The quantitative estimate of drug-likeness (QED) is 0.804. The zero-order chi connectivity index (χ0) is 17.5. The lowest BCUT2D eigenvalue weighted by Gasteiger charge is -2.10. The maximum atomic E-state index is 12.4. The minimum Gasteiger partial charge on any atom is -0.484 e. The topological polar surface area (TPSA) is 67.4 Å². The second-order valence-electron chi connectivity index (χ2n) is 5.13. The van der Waals surface area contributed by atoms with E-state index in [9.17, 15) is 22.8 Å². The van der Waals surface area contributed by atoms with Crippen LogP contribution in [0.1, 0.15) is 25.8 Å². The lowest BCUT2D eigenvalue weighted by atomic mass is 10.2. The summed E-state index contributed by atoms with van der Waals surface area (Å²) in [6.07, 6.45) is -4.27. The molecule has 0 saturated carbocycles. The molecule has 0 aliphatic rings. The van der Waals surface area contributed by atoms with Crippen LogP contribution < -0.4 is 15.4 Å². The standard InChI is InChI=1S/C15H19F3N2O3/c1-10(2)20-13(21)7-8-19-14(22)9-23-12-5-3-11(4-6-12)15(16,17)18/h3-6,10H,7-9H2,1-2H3,(H,19,22)(H,20,21). The molecule has 0 aliphatic carbocycles. The van der Waals surface area contributed by atoms with Crippen LogP contribution in [0.15, 0.2) is 24.3 Å². The van der Waals surface area contributed by atoms with E-state index in [1.807, 2.05) is 13.8 Å². The summed E-state index contributed by atoms with van der Waals surface area (Å²) in [5, 5.41) is 5.17. The first-order valence-corrected chi connectivity index (χ1v) is 7.04. The van der Waals surface area contributed by atoms with Gasteiger partial charge in [0.1, 0.15) is 5.75 Å². The fourth-order valence-corrected chi connectivity index (χ4v) is 1.65. The molecule has 23 heavy (non-hydrogen) atoms. The van der Waals surface area contributed by atoms with Gasteiger partial charge < -0.3 is 15.4 Å². The van der Waals surface area contributed by atoms with Crippen LogP contribution in [-0.4, -0.2) is 31.0 Å². The minimum absolute atomic E-state index is 0.0289. The van der Waals surface area contributed by atoms with Crippen LogP contribution in [0.4, 0.5) is 13.2 Å². The molecule has 0 bridgehead atoms. The van der Waals surface area contributed by atoms with Crippen molar-refractivity contribution in [1.29, 1.82) is 0 Å². The Morgan fingerprint density at radius 3 is 2.26 bits per heavy atom. The first-order valence-electron chi connectivity index (χ1n) is 7.04. The van der Waals surface area contributed by atoms with Gasteiger partial charge in [0.25, 0.3) is 5.91 Å². The molecule has 0 radical (unpaired) electrons. The van der Waals surface area contributed by atoms with E-state index < -0.39 is 17.6 Å². The Labute approximate surface area is 132 Å². The molecule has 1 rings (SSSR count). The highest BCUT2D eigenvalue weighted by Crippen LogP contribution is 2.30. The van der Waals surface area contributed by atoms with E-state index in [0.29, 0.717) is 0 Å². The molecule has 5 nitrogen and oxygen atoms in total. The van der Waals surface area contributed by atoms with E-state index in [0.717, 1.165) is 24.3 Å². The molecule has 0 heterocycles. The average Bonchev–Trinajstić information content (AvgIpc) is 2.44. The van der Waals surface area contributed by atoms with Gasteiger partial charge in [-0.3, -0.25) is 9.59 Å². The van der Waals surface area contributed by atoms with E-state index in [-0.39, 0.29) is 37.3 Å². The molecule has 0 spiro atoms. The number of carbonyl (C=O) groups excluding carboxylic acids is 2. The molecule has 0 aliphatic heterocycles. The predicted molar refractivity (Wildman–Crippen MR) is 77.8 cm³/mol. The van der Waals surface area contributed by atoms with Crippen LogP contribution in [0.3, 0.4) is 0 Å². The number of halogens is 3. The van der Waals surface area contributed by atoms with Crippen LogP contribution in [0.25, 0.3) is 0 Å². The summed E-state index contributed by atoms with van der Waals surface area (Å²) in [7, 11) is 0. The Morgan fingerprint density at radius 2 is 1.74 bits per heavy atom. The van der Waals surface area contributed by atoms with Crippen molar-refractivity contribution in [2.75, 3.05) is 13.2 Å². The maximum absolute atomic E-state index is 12.4. The molecule has 128 valence electrons. The van der Waals surface area contributed by atoms with Crippen molar-refractivity contribution in [2.24, 2.45) is 0 Å². The van der Waals surface area contributed by atoms with Gasteiger partial charge in [0.2, 0.25) is 5.91 Å². The summed E-state index contributed by atoms with van der Waals surface area (Å²) in [5.41, 5.74) is -0.787. The van der Waals surface area contributed by atoms with E-state index >= 15 is 0 Å². The van der Waals surface area contributed by atoms with Crippen LogP contribution in [-0.2, 0) is 15.8 Å². The van der Waals surface area contributed by atoms with Gasteiger partial charge in [-0.2, -0.15) is 13.2 Å². The number of benzene rings is 1. The molecule has 2 N–H and O–H groups in total. The number of carbonyl (C=O) groups is 2. The normalized spacial score (nSPS) is 11.2. The molecule has 0 fully saturated rings. The van der Waals surface area contributed by atoms with Gasteiger partial charge in [-0.1, -0.05) is 0 Å². The van der Waals surface area contributed by atoms with E-state index in [1.165, 1.54) is 0 Å². The van der Waals surface area contributed by atoms with Crippen LogP contribution in [0.2, 0.25) is 0 Å². The SMILES string of the molecule is CC(C)NC(=O)CCNC(=O)COc1ccc(C(F)(F)F)cc1. The Balaban J connectivity index is 2.29. The number of amides is 2. The lowest BCUT2D eigenvalue weighted by molar-refractivity contribution is -0.137. The van der Waals surface area contributed by atoms with Crippen molar-refractivity contribution in [3.8, 4) is 5.75 Å². The second-order valence-corrected chi connectivity index (χ2v) is 5.13. The molecule has 0 unspecified atom stereocenters. The van der Waals surface area contributed by atoms with Crippen molar-refractivity contribution in [1.82, 2.24) is 10.6 Å². The number of ether oxygens (including phenoxy) is 1. The third kappa shape index (κ3) is 7.53. The van der Waals surface area contributed by atoms with Crippen molar-refractivity contribution in [3.63, 3.8) is 0 Å². The Morgan fingerprint density at radius 1 is 1.13 bits per heavy atom. The Bertz CT molecular complexity index is 528. The summed E-state index contributed by atoms with van der Waals surface area (Å²) >= 11 is 0. The molecule has 0 saturated heterocycles. The third-order valence-electron chi connectivity index (χ3n) is 2.68. The van der Waals surface area contributed by atoms with Crippen molar-refractivity contribution in [2.45, 2.75) is 32.5 Å². The summed E-state index contributed by atoms with van der Waals surface area (Å²) in [4.78, 5) is 22.8. The van der Waals surface area contributed by atoms with Crippen molar-refractivity contribution >= 4 is 11.8 Å². The molecule has 1 aromatic rings. The molecule has 0 aromatic heterocycles. The third-order valence-corrected chi connectivity index (χ3v) is 2.68. The zero-order valence-corrected chi connectivity index (χ0v) is 12.9. The molecule has 0 atom stereocenters. The van der Waals surface area contributed by atoms with Gasteiger partial charge in [0.05, 0.1) is 5.56 Å². The van der Waals surface area contributed by atoms with E-state index in [1.54, 1.807) is 0 Å². The first kappa shape index (κ1) is 18.8. The van der Waals surface area contributed by atoms with Crippen LogP contribution in [0, 0.1) is 0 Å². The number of rotatable bonds is 7. The van der Waals surface area contributed by atoms with Crippen LogP contribution >= 0.6 is 0 Å². The van der Waals surface area contributed by atoms with Gasteiger partial charge in [-0.25, -0.2) is 0 Å². The summed E-state index contributed by atoms with van der Waals surface area (Å²) in [5.74, 6) is -0.475. The largest absolute Gasteiger partial charge is 0.484 e. The highest BCUT2D eigenvalue weighted by molar-refractivity contribution is 5.79. The van der Waals surface area contributed by atoms with E-state index in [4.69, 9.17) is 4.74 Å². The molecular formula is C15H19F3N2O3. The summed E-state index contributed by atoms with van der Waals surface area (Å²) in [6.45, 7) is 3.48. The molecule has 1 aromatic carbocycles. The first-order chi connectivity index (χ1) is 10.7. The van der Waals surface area contributed by atoms with Gasteiger partial charge in [-0.15, -0.1) is 0 Å². The highest BCUT2D eigenvalue weighted by atomic mass is 19.4. The average molecular weight is 332 g/mol. The fraction of sp³-hybridized carbons (Fsp3) is 0.467. The van der Waals surface area contributed by atoms with Crippen LogP contribution in [0.5, 0.6) is 5.75 Å². The fourth-order valence-electron chi connectivity index (χ4n) is 1.65. The second kappa shape index (κ2) is 8.40. The van der Waals surface area contributed by atoms with Gasteiger partial charge in [0, 0.05) is 19.0 Å². The van der Waals surface area contributed by atoms with Gasteiger partial charge in [-0.05, 0) is 38.1 Å². The Hall–Kier alpha value is -2.25. The maximum Gasteiger partial charge on any atom is 0.416 e. The van der Waals surface area contributed by atoms with Gasteiger partial charge in [0.15, 0.2) is 6.61 Å². The number of nitrogens with one attached hydrogen (secondary N) is 2. The molecule has 2 amide bonds. The summed E-state index contributed by atoms with van der Waals surface area (Å²) < 4.78 is 42.2. The molecular weight excluding hydrogens is 313 g/mol. The monoisotopic (exact) mass is 332 g/mol. The van der Waals surface area contributed by atoms with Crippen molar-refractivity contribution < 1.29 is 27.5 Å². The number of hydrogen-bond acceptors (Lipinski definition) is 3. The lowest BCUT2D eigenvalue weighted by Crippen LogP contribution is -2.35. The number of alkyl halides is 3. The molecule has 8 heteroatoms. The summed E-state index contributed by atoms with van der Waals surface area (Å²) in [6, 6.07) is 4.08. The predicted octanol–water partition coefficient (Wildman–Crippen LogP) is 2.12. The van der Waals surface area contributed by atoms with Gasteiger partial charge >= 0.3 is 6.18 Å². The smallest absolute Gasteiger partial charge is 0.416 e. The minimum atomic E-state index is -4.41.